The molecule has 0 amide bonds. The molecule has 1 unspecified atom stereocenters. The lowest BCUT2D eigenvalue weighted by molar-refractivity contribution is -0.258. The summed E-state index contributed by atoms with van der Waals surface area (Å²) in [5.74, 6) is 0. The second-order valence-corrected chi connectivity index (χ2v) is 9.33. The Morgan fingerprint density at radius 3 is 2.48 bits per heavy atom. The highest BCUT2D eigenvalue weighted by Gasteiger charge is 2.51. The lowest BCUT2D eigenvalue weighted by Crippen LogP contribution is -2.39. The van der Waals surface area contributed by atoms with Gasteiger partial charge in [0.05, 0.1) is 5.69 Å². The summed E-state index contributed by atoms with van der Waals surface area (Å²) in [7, 11) is 0. The summed E-state index contributed by atoms with van der Waals surface area (Å²) in [6.45, 7) is 0.729. The van der Waals surface area contributed by atoms with Crippen molar-refractivity contribution in [2.45, 2.75) is 25.1 Å². The molecule has 4 aromatic rings. The van der Waals surface area contributed by atoms with Crippen molar-refractivity contribution in [1.29, 1.82) is 0 Å². The second kappa shape index (κ2) is 8.10. The molecular weight excluding hydrogens is 466 g/mol. The van der Waals surface area contributed by atoms with Crippen molar-refractivity contribution < 1.29 is 18.3 Å². The van der Waals surface area contributed by atoms with Gasteiger partial charge < -0.3 is 5.11 Å². The van der Waals surface area contributed by atoms with Gasteiger partial charge in [0.2, 0.25) is 0 Å². The van der Waals surface area contributed by atoms with E-state index in [2.05, 4.69) is 4.98 Å². The third-order valence-electron chi connectivity index (χ3n) is 5.10. The van der Waals surface area contributed by atoms with E-state index in [1.807, 2.05) is 36.4 Å². The van der Waals surface area contributed by atoms with E-state index in [0.717, 1.165) is 33.5 Å². The number of fused-ring (bicyclic) bond motifs is 1. The van der Waals surface area contributed by atoms with Gasteiger partial charge in [0.15, 0.2) is 5.60 Å². The van der Waals surface area contributed by atoms with E-state index in [0.29, 0.717) is 27.7 Å². The summed E-state index contributed by atoms with van der Waals surface area (Å²) < 4.78 is 40.8. The number of pyridine rings is 1. The van der Waals surface area contributed by atoms with Gasteiger partial charge in [0.1, 0.15) is 0 Å². The zero-order chi connectivity index (χ0) is 22.4. The number of aromatic nitrogens is 1. The molecule has 0 aliphatic heterocycles. The van der Waals surface area contributed by atoms with Gasteiger partial charge >= 0.3 is 6.18 Å². The molecule has 2 nitrogen and oxygen atoms in total. The third kappa shape index (κ3) is 4.30. The first-order chi connectivity index (χ1) is 14.6. The van der Waals surface area contributed by atoms with Crippen LogP contribution in [0.3, 0.4) is 0 Å². The van der Waals surface area contributed by atoms with Crippen molar-refractivity contribution >= 4 is 44.6 Å². The van der Waals surface area contributed by atoms with Gasteiger partial charge in [-0.1, -0.05) is 41.4 Å². The SMILES string of the molecule is CC(O)(c1ccnc(-c2cc(Cl)cc3cc(Cc4ccccc4Cl)sc23)c1)C(F)(F)F. The van der Waals surface area contributed by atoms with Crippen molar-refractivity contribution in [2.24, 2.45) is 0 Å². The van der Waals surface area contributed by atoms with Gasteiger partial charge in [-0.2, -0.15) is 13.2 Å². The lowest BCUT2D eigenvalue weighted by atomic mass is 9.94. The van der Waals surface area contributed by atoms with Crippen molar-refractivity contribution in [1.82, 2.24) is 4.98 Å². The topological polar surface area (TPSA) is 33.1 Å². The molecule has 4 rings (SSSR count). The minimum atomic E-state index is -4.82. The molecule has 0 radical (unpaired) electrons. The Kier molecular flexibility index (Phi) is 5.77. The molecule has 160 valence electrons. The van der Waals surface area contributed by atoms with Gasteiger partial charge in [0.25, 0.3) is 0 Å². The fourth-order valence-electron chi connectivity index (χ4n) is 3.32. The van der Waals surface area contributed by atoms with Crippen LogP contribution in [-0.4, -0.2) is 16.3 Å². The number of aliphatic hydroxyl groups is 1. The summed E-state index contributed by atoms with van der Waals surface area (Å²) in [6.07, 6.45) is -2.94. The van der Waals surface area contributed by atoms with E-state index in [9.17, 15) is 18.3 Å². The summed E-state index contributed by atoms with van der Waals surface area (Å²) >= 11 is 14.1. The largest absolute Gasteiger partial charge is 0.421 e. The third-order valence-corrected chi connectivity index (χ3v) is 6.88. The molecule has 1 atom stereocenters. The number of hydrogen-bond donors (Lipinski definition) is 1. The van der Waals surface area contributed by atoms with Crippen molar-refractivity contribution in [2.75, 3.05) is 0 Å². The zero-order valence-corrected chi connectivity index (χ0v) is 18.5. The highest BCUT2D eigenvalue weighted by atomic mass is 35.5. The van der Waals surface area contributed by atoms with Crippen LogP contribution in [0, 0.1) is 0 Å². The summed E-state index contributed by atoms with van der Waals surface area (Å²) in [5, 5.41) is 12.0. The van der Waals surface area contributed by atoms with E-state index in [1.165, 1.54) is 23.6 Å². The number of thiophene rings is 1. The van der Waals surface area contributed by atoms with E-state index in [1.54, 1.807) is 6.07 Å². The molecule has 0 bridgehead atoms. The molecule has 2 aromatic carbocycles. The summed E-state index contributed by atoms with van der Waals surface area (Å²) in [4.78, 5) is 5.28. The molecule has 0 aliphatic carbocycles. The number of benzene rings is 2. The first-order valence-corrected chi connectivity index (χ1v) is 10.8. The molecule has 8 heteroatoms. The summed E-state index contributed by atoms with van der Waals surface area (Å²) in [6, 6.07) is 15.5. The maximum absolute atomic E-state index is 13.3. The average molecular weight is 482 g/mol. The molecule has 2 aromatic heterocycles. The molecular formula is C23H16Cl2F3NOS. The highest BCUT2D eigenvalue weighted by Crippen LogP contribution is 2.41. The van der Waals surface area contributed by atoms with E-state index in [-0.39, 0.29) is 5.56 Å². The number of halogens is 5. The van der Waals surface area contributed by atoms with Crippen LogP contribution in [0.4, 0.5) is 13.2 Å². The Morgan fingerprint density at radius 2 is 1.77 bits per heavy atom. The van der Waals surface area contributed by atoms with Crippen LogP contribution < -0.4 is 0 Å². The van der Waals surface area contributed by atoms with Crippen LogP contribution in [0.1, 0.15) is 22.9 Å². The van der Waals surface area contributed by atoms with Crippen molar-refractivity contribution in [3.05, 3.63) is 86.8 Å². The average Bonchev–Trinajstić information content (AvgIpc) is 3.10. The number of rotatable bonds is 4. The van der Waals surface area contributed by atoms with Crippen LogP contribution in [0.5, 0.6) is 0 Å². The first-order valence-electron chi connectivity index (χ1n) is 9.27. The Hall–Kier alpha value is -2.12. The normalized spacial score (nSPS) is 14.0. The highest BCUT2D eigenvalue weighted by molar-refractivity contribution is 7.19. The maximum atomic E-state index is 13.3. The van der Waals surface area contributed by atoms with Gasteiger partial charge in [-0.15, -0.1) is 11.3 Å². The van der Waals surface area contributed by atoms with Gasteiger partial charge in [-0.25, -0.2) is 0 Å². The monoisotopic (exact) mass is 481 g/mol. The molecule has 0 saturated heterocycles. The Labute approximate surface area is 190 Å². The number of hydrogen-bond acceptors (Lipinski definition) is 3. The van der Waals surface area contributed by atoms with E-state index >= 15 is 0 Å². The van der Waals surface area contributed by atoms with Crippen LogP contribution in [0.25, 0.3) is 21.3 Å². The number of nitrogens with zero attached hydrogens (tertiary/aromatic N) is 1. The molecule has 0 aliphatic rings. The second-order valence-electron chi connectivity index (χ2n) is 7.35. The maximum Gasteiger partial charge on any atom is 0.421 e. The quantitative estimate of drug-likeness (QED) is 0.325. The Bertz CT molecular complexity index is 1270. The van der Waals surface area contributed by atoms with E-state index < -0.39 is 11.8 Å². The molecule has 0 fully saturated rings. The molecule has 0 saturated carbocycles. The van der Waals surface area contributed by atoms with Crippen LogP contribution in [0.2, 0.25) is 10.0 Å². The predicted octanol–water partition coefficient (Wildman–Crippen LogP) is 7.63. The minimum absolute atomic E-state index is 0.286. The van der Waals surface area contributed by atoms with Crippen LogP contribution in [-0.2, 0) is 12.0 Å². The smallest absolute Gasteiger partial charge is 0.376 e. The van der Waals surface area contributed by atoms with Crippen LogP contribution in [0.15, 0.2) is 60.8 Å². The molecule has 0 spiro atoms. The fraction of sp³-hybridized carbons (Fsp3) is 0.174. The number of alkyl halides is 3. The summed E-state index contributed by atoms with van der Waals surface area (Å²) in [5.41, 5.74) is -1.39. The first kappa shape index (κ1) is 22.1. The zero-order valence-electron chi connectivity index (χ0n) is 16.2. The molecule has 31 heavy (non-hydrogen) atoms. The van der Waals surface area contributed by atoms with Gasteiger partial charge in [0, 0.05) is 37.8 Å². The van der Waals surface area contributed by atoms with Crippen molar-refractivity contribution in [3.63, 3.8) is 0 Å². The van der Waals surface area contributed by atoms with Crippen LogP contribution >= 0.6 is 34.5 Å². The molecule has 1 N–H and O–H groups in total. The standard InChI is InChI=1S/C23H16Cl2F3NOS/c1-22(30,23(26,27)28)15-6-7-29-20(11-15)18-12-16(24)8-14-10-17(31-21(14)18)9-13-4-2-3-5-19(13)25/h2-8,10-12,30H,9H2,1H3. The van der Waals surface area contributed by atoms with Gasteiger partial charge in [-0.05, 0) is 59.8 Å². The predicted molar refractivity (Wildman–Crippen MR) is 120 cm³/mol. The molecule has 2 heterocycles. The fourth-order valence-corrected chi connectivity index (χ4v) is 4.94. The minimum Gasteiger partial charge on any atom is -0.376 e. The van der Waals surface area contributed by atoms with Gasteiger partial charge in [-0.3, -0.25) is 4.98 Å². The Balaban J connectivity index is 1.81. The van der Waals surface area contributed by atoms with Crippen molar-refractivity contribution in [3.8, 4) is 11.3 Å². The lowest BCUT2D eigenvalue weighted by Gasteiger charge is -2.26. The Morgan fingerprint density at radius 1 is 1.03 bits per heavy atom. The van der Waals surface area contributed by atoms with E-state index in [4.69, 9.17) is 23.2 Å².